The number of rotatable bonds is 4. The smallest absolute Gasteiger partial charge is 0.260 e. The van der Waals surface area contributed by atoms with Crippen LogP contribution in [0, 0.1) is 6.92 Å². The van der Waals surface area contributed by atoms with Crippen LogP contribution in [-0.4, -0.2) is 42.7 Å². The SMILES string of the molecule is COc1ccccc1-c1nc(NC(=O)c2cc(C)nc3c2nc2n3CCCCC2)n[nH]1. The van der Waals surface area contributed by atoms with Crippen LogP contribution in [-0.2, 0) is 13.0 Å². The van der Waals surface area contributed by atoms with Gasteiger partial charge in [-0.3, -0.25) is 15.2 Å². The third-order valence-electron chi connectivity index (χ3n) is 5.51. The van der Waals surface area contributed by atoms with E-state index >= 15 is 0 Å². The van der Waals surface area contributed by atoms with Gasteiger partial charge in [-0.1, -0.05) is 18.6 Å². The van der Waals surface area contributed by atoms with Crippen molar-refractivity contribution in [1.29, 1.82) is 0 Å². The van der Waals surface area contributed by atoms with Gasteiger partial charge in [0.2, 0.25) is 5.95 Å². The summed E-state index contributed by atoms with van der Waals surface area (Å²) in [5, 5.41) is 9.80. The second kappa shape index (κ2) is 7.82. The Morgan fingerprint density at radius 2 is 2.03 bits per heavy atom. The largest absolute Gasteiger partial charge is 0.496 e. The predicted molar refractivity (Wildman–Crippen MR) is 116 cm³/mol. The van der Waals surface area contributed by atoms with Gasteiger partial charge in [-0.15, -0.1) is 5.10 Å². The van der Waals surface area contributed by atoms with Crippen LogP contribution in [0.2, 0.25) is 0 Å². The summed E-state index contributed by atoms with van der Waals surface area (Å²) < 4.78 is 7.53. The van der Waals surface area contributed by atoms with E-state index in [4.69, 9.17) is 9.72 Å². The van der Waals surface area contributed by atoms with Gasteiger partial charge in [-0.25, -0.2) is 9.97 Å². The molecular formula is C22H23N7O2. The molecule has 3 aromatic heterocycles. The Morgan fingerprint density at radius 1 is 1.16 bits per heavy atom. The van der Waals surface area contributed by atoms with Gasteiger partial charge in [0, 0.05) is 18.7 Å². The highest BCUT2D eigenvalue weighted by molar-refractivity contribution is 6.10. The Kier molecular flexibility index (Phi) is 4.85. The van der Waals surface area contributed by atoms with Crippen LogP contribution in [0.5, 0.6) is 5.75 Å². The molecule has 2 N–H and O–H groups in total. The zero-order chi connectivity index (χ0) is 21.4. The number of carbonyl (C=O) groups excluding carboxylic acids is 1. The van der Waals surface area contributed by atoms with Gasteiger partial charge in [-0.05, 0) is 38.0 Å². The molecule has 0 fully saturated rings. The van der Waals surface area contributed by atoms with Crippen LogP contribution in [0.15, 0.2) is 30.3 Å². The number of fused-ring (bicyclic) bond motifs is 3. The summed E-state index contributed by atoms with van der Waals surface area (Å²) in [6.45, 7) is 2.77. The fraction of sp³-hybridized carbons (Fsp3) is 0.318. The molecule has 0 spiro atoms. The average Bonchev–Trinajstić information content (AvgIpc) is 3.30. The van der Waals surface area contributed by atoms with Crippen molar-refractivity contribution < 1.29 is 9.53 Å². The fourth-order valence-corrected chi connectivity index (χ4v) is 4.04. The fourth-order valence-electron chi connectivity index (χ4n) is 4.04. The molecule has 5 rings (SSSR count). The molecule has 0 unspecified atom stereocenters. The lowest BCUT2D eigenvalue weighted by Gasteiger charge is -2.06. The molecule has 0 atom stereocenters. The second-order valence-electron chi connectivity index (χ2n) is 7.64. The molecule has 1 amide bonds. The van der Waals surface area contributed by atoms with E-state index in [1.54, 1.807) is 13.2 Å². The number of methoxy groups -OCH3 is 1. The van der Waals surface area contributed by atoms with Crippen molar-refractivity contribution in [1.82, 2.24) is 29.7 Å². The summed E-state index contributed by atoms with van der Waals surface area (Å²) in [6, 6.07) is 9.25. The highest BCUT2D eigenvalue weighted by atomic mass is 16.5. The molecule has 1 aromatic carbocycles. The quantitative estimate of drug-likeness (QED) is 0.526. The number of nitrogens with one attached hydrogen (secondary N) is 2. The van der Waals surface area contributed by atoms with E-state index in [0.717, 1.165) is 48.5 Å². The third kappa shape index (κ3) is 3.52. The highest BCUT2D eigenvalue weighted by Crippen LogP contribution is 2.28. The Bertz CT molecular complexity index is 1270. The average molecular weight is 417 g/mol. The van der Waals surface area contributed by atoms with Crippen LogP contribution >= 0.6 is 0 Å². The van der Waals surface area contributed by atoms with Crippen LogP contribution in [0.25, 0.3) is 22.6 Å². The lowest BCUT2D eigenvalue weighted by atomic mass is 10.2. The van der Waals surface area contributed by atoms with Crippen molar-refractivity contribution in [2.45, 2.75) is 39.2 Å². The predicted octanol–water partition coefficient (Wildman–Crippen LogP) is 3.51. The third-order valence-corrected chi connectivity index (χ3v) is 5.51. The Balaban J connectivity index is 1.47. The van der Waals surface area contributed by atoms with Gasteiger partial charge in [0.25, 0.3) is 5.91 Å². The number of hydrogen-bond donors (Lipinski definition) is 2. The first-order chi connectivity index (χ1) is 15.1. The number of pyridine rings is 1. The topological polar surface area (TPSA) is 111 Å². The number of carbonyl (C=O) groups is 1. The number of hydrogen-bond acceptors (Lipinski definition) is 6. The molecule has 158 valence electrons. The molecule has 0 radical (unpaired) electrons. The van der Waals surface area contributed by atoms with Crippen molar-refractivity contribution in [2.24, 2.45) is 0 Å². The number of amides is 1. The Morgan fingerprint density at radius 3 is 2.90 bits per heavy atom. The van der Waals surface area contributed by atoms with Crippen LogP contribution in [0.1, 0.15) is 41.1 Å². The van der Waals surface area contributed by atoms with Gasteiger partial charge >= 0.3 is 0 Å². The number of imidazole rings is 1. The number of nitrogens with zero attached hydrogens (tertiary/aromatic N) is 5. The number of benzene rings is 1. The molecule has 4 heterocycles. The standard InChI is InChI=1S/C22H23N7O2/c1-13-12-15(18-20(23-13)29-11-7-3-4-10-17(29)24-18)21(30)26-22-25-19(27-28-22)14-8-5-6-9-16(14)31-2/h5-6,8-9,12H,3-4,7,10-11H2,1-2H3,(H2,25,26,27,28,30). The zero-order valence-corrected chi connectivity index (χ0v) is 17.5. The maximum atomic E-state index is 13.1. The number of aryl methyl sites for hydroxylation is 3. The highest BCUT2D eigenvalue weighted by Gasteiger charge is 2.22. The van der Waals surface area contributed by atoms with Crippen molar-refractivity contribution >= 4 is 23.0 Å². The normalized spacial score (nSPS) is 13.6. The van der Waals surface area contributed by atoms with Crippen LogP contribution < -0.4 is 10.1 Å². The maximum absolute atomic E-state index is 13.1. The van der Waals surface area contributed by atoms with E-state index in [2.05, 4.69) is 30.0 Å². The first kappa shape index (κ1) is 19.2. The van der Waals surface area contributed by atoms with Gasteiger partial charge in [0.15, 0.2) is 11.5 Å². The van der Waals surface area contributed by atoms with Gasteiger partial charge in [0.1, 0.15) is 17.1 Å². The lowest BCUT2D eigenvalue weighted by molar-refractivity contribution is 0.102. The van der Waals surface area contributed by atoms with Gasteiger partial charge in [0.05, 0.1) is 18.2 Å². The van der Waals surface area contributed by atoms with E-state index in [0.29, 0.717) is 22.7 Å². The summed E-state index contributed by atoms with van der Waals surface area (Å²) in [5.74, 6) is 2.06. The second-order valence-corrected chi connectivity index (χ2v) is 7.64. The molecule has 0 bridgehead atoms. The van der Waals surface area contributed by atoms with E-state index in [1.807, 2.05) is 31.2 Å². The lowest BCUT2D eigenvalue weighted by Crippen LogP contribution is -2.14. The monoisotopic (exact) mass is 417 g/mol. The van der Waals surface area contributed by atoms with Crippen molar-refractivity contribution in [2.75, 3.05) is 12.4 Å². The minimum absolute atomic E-state index is 0.189. The van der Waals surface area contributed by atoms with Crippen molar-refractivity contribution in [3.05, 3.63) is 47.4 Å². The summed E-state index contributed by atoms with van der Waals surface area (Å²) in [4.78, 5) is 27.0. The molecule has 31 heavy (non-hydrogen) atoms. The molecular weight excluding hydrogens is 394 g/mol. The van der Waals surface area contributed by atoms with E-state index in [9.17, 15) is 4.79 Å². The zero-order valence-electron chi connectivity index (χ0n) is 17.5. The number of aromatic amines is 1. The Hall–Kier alpha value is -3.75. The molecule has 1 aliphatic heterocycles. The summed E-state index contributed by atoms with van der Waals surface area (Å²) in [7, 11) is 1.60. The number of anilines is 1. The minimum Gasteiger partial charge on any atom is -0.496 e. The van der Waals surface area contributed by atoms with E-state index in [-0.39, 0.29) is 11.9 Å². The summed E-state index contributed by atoms with van der Waals surface area (Å²) in [6.07, 6.45) is 4.29. The number of para-hydroxylation sites is 1. The molecule has 0 saturated carbocycles. The maximum Gasteiger partial charge on any atom is 0.260 e. The molecule has 1 aliphatic rings. The molecule has 9 heteroatoms. The number of aromatic nitrogens is 6. The molecule has 9 nitrogen and oxygen atoms in total. The van der Waals surface area contributed by atoms with Gasteiger partial charge < -0.3 is 9.30 Å². The van der Waals surface area contributed by atoms with Gasteiger partial charge in [-0.2, -0.15) is 4.98 Å². The molecule has 0 aliphatic carbocycles. The van der Waals surface area contributed by atoms with E-state index in [1.165, 1.54) is 6.42 Å². The summed E-state index contributed by atoms with van der Waals surface area (Å²) >= 11 is 0. The molecule has 0 saturated heterocycles. The van der Waals surface area contributed by atoms with Crippen molar-refractivity contribution in [3.63, 3.8) is 0 Å². The first-order valence-corrected chi connectivity index (χ1v) is 10.4. The number of H-pyrrole nitrogens is 1. The Labute approximate surface area is 178 Å². The summed E-state index contributed by atoms with van der Waals surface area (Å²) in [5.41, 5.74) is 3.41. The first-order valence-electron chi connectivity index (χ1n) is 10.4. The molecule has 4 aromatic rings. The number of ether oxygens (including phenoxy) is 1. The van der Waals surface area contributed by atoms with Crippen LogP contribution in [0.4, 0.5) is 5.95 Å². The van der Waals surface area contributed by atoms with Crippen molar-refractivity contribution in [3.8, 4) is 17.1 Å². The minimum atomic E-state index is -0.311. The van der Waals surface area contributed by atoms with E-state index < -0.39 is 0 Å². The van der Waals surface area contributed by atoms with Crippen LogP contribution in [0.3, 0.4) is 0 Å².